The molecule has 0 saturated heterocycles. The van der Waals surface area contributed by atoms with Crippen molar-refractivity contribution in [3.8, 4) is 0 Å². The van der Waals surface area contributed by atoms with Crippen molar-refractivity contribution in [2.24, 2.45) is 0 Å². The van der Waals surface area contributed by atoms with Crippen molar-refractivity contribution >= 4 is 28.5 Å². The van der Waals surface area contributed by atoms with E-state index in [0.29, 0.717) is 5.56 Å². The molecule has 112 valence electrons. The van der Waals surface area contributed by atoms with E-state index in [4.69, 9.17) is 5.11 Å². The Morgan fingerprint density at radius 1 is 1.30 bits per heavy atom. The number of rotatable bonds is 7. The van der Waals surface area contributed by atoms with Crippen molar-refractivity contribution in [2.45, 2.75) is 17.2 Å². The number of hydrogen-bond acceptors (Lipinski definition) is 3. The minimum absolute atomic E-state index is 0.0411. The van der Waals surface area contributed by atoms with Crippen LogP contribution in [0.25, 0.3) is 0 Å². The first-order valence-corrected chi connectivity index (χ1v) is 8.01. The average molecular weight is 326 g/mol. The van der Waals surface area contributed by atoms with Gasteiger partial charge in [0.1, 0.15) is 5.25 Å². The Hall–Kier alpha value is -1.02. The molecule has 0 aliphatic rings. The Kier molecular flexibility index (Phi) is 6.54. The Morgan fingerprint density at radius 3 is 2.40 bits per heavy atom. The third-order valence-corrected chi connectivity index (χ3v) is 5.01. The highest BCUT2D eigenvalue weighted by molar-refractivity contribution is 8.01. The van der Waals surface area contributed by atoms with Crippen LogP contribution < -0.4 is 0 Å². The summed E-state index contributed by atoms with van der Waals surface area (Å²) in [6, 6.07) is 8.58. The van der Waals surface area contributed by atoms with Crippen molar-refractivity contribution in [1.29, 1.82) is 0 Å². The summed E-state index contributed by atoms with van der Waals surface area (Å²) in [6.07, 6.45) is 0.0411. The molecule has 2 unspecified atom stereocenters. The third-order valence-electron chi connectivity index (χ3n) is 2.41. The summed E-state index contributed by atoms with van der Waals surface area (Å²) < 4.78 is 47.7. The summed E-state index contributed by atoms with van der Waals surface area (Å²) in [5.74, 6) is -1.97. The summed E-state index contributed by atoms with van der Waals surface area (Å²) in [4.78, 5) is 11.1. The van der Waals surface area contributed by atoms with Gasteiger partial charge in [0.25, 0.3) is 0 Å². The molecule has 1 aromatic carbocycles. The first kappa shape index (κ1) is 17.0. The lowest BCUT2D eigenvalue weighted by Crippen LogP contribution is -2.30. The summed E-state index contributed by atoms with van der Waals surface area (Å²) in [7, 11) is -1.84. The number of carboxylic acid groups (broad SMARTS) is 1. The lowest BCUT2D eigenvalue weighted by atomic mass is 10.1. The molecule has 0 amide bonds. The smallest absolute Gasteiger partial charge is 0.441 e. The van der Waals surface area contributed by atoms with Gasteiger partial charge in [0.2, 0.25) is 0 Å². The molecule has 0 bridgehead atoms. The van der Waals surface area contributed by atoms with Crippen molar-refractivity contribution in [1.82, 2.24) is 0 Å². The van der Waals surface area contributed by atoms with Gasteiger partial charge in [-0.1, -0.05) is 42.1 Å². The zero-order chi connectivity index (χ0) is 15.2. The predicted octanol–water partition coefficient (Wildman–Crippen LogP) is 2.68. The van der Waals surface area contributed by atoms with Gasteiger partial charge in [-0.3, -0.25) is 9.00 Å². The van der Waals surface area contributed by atoms with Gasteiger partial charge in [0.05, 0.1) is 0 Å². The van der Waals surface area contributed by atoms with E-state index in [2.05, 4.69) is 0 Å². The quantitative estimate of drug-likeness (QED) is 0.837. The van der Waals surface area contributed by atoms with Crippen LogP contribution in [0.1, 0.15) is 5.56 Å². The number of thioether (sulfide) groups is 1. The zero-order valence-corrected chi connectivity index (χ0v) is 11.9. The van der Waals surface area contributed by atoms with E-state index in [1.165, 1.54) is 0 Å². The Bertz CT molecular complexity index is 463. The van der Waals surface area contributed by atoms with Crippen molar-refractivity contribution in [3.05, 3.63) is 35.9 Å². The molecule has 0 heterocycles. The lowest BCUT2D eigenvalue weighted by Gasteiger charge is -2.12. The number of benzene rings is 1. The molecule has 2 atom stereocenters. The van der Waals surface area contributed by atoms with E-state index in [1.54, 1.807) is 30.3 Å². The monoisotopic (exact) mass is 326 g/mol. The van der Waals surface area contributed by atoms with Gasteiger partial charge in [-0.2, -0.15) is 13.2 Å². The molecule has 0 aliphatic carbocycles. The normalized spacial score (nSPS) is 14.8. The SMILES string of the molecule is O=C(O)C(Cc1ccccc1)S(=O)CCSC(F)(F)F. The molecule has 0 saturated carbocycles. The number of halogens is 3. The van der Waals surface area contributed by atoms with Crippen molar-refractivity contribution < 1.29 is 27.3 Å². The first-order chi connectivity index (χ1) is 9.29. The fraction of sp³-hybridized carbons (Fsp3) is 0.417. The van der Waals surface area contributed by atoms with Crippen LogP contribution in [0.5, 0.6) is 0 Å². The molecule has 3 nitrogen and oxygen atoms in total. The maximum atomic E-state index is 12.0. The number of aliphatic carboxylic acids is 1. The molecular weight excluding hydrogens is 313 g/mol. The van der Waals surface area contributed by atoms with Gasteiger partial charge in [0, 0.05) is 22.3 Å². The molecule has 1 N–H and O–H groups in total. The van der Waals surface area contributed by atoms with E-state index in [1.807, 2.05) is 0 Å². The van der Waals surface area contributed by atoms with E-state index >= 15 is 0 Å². The highest BCUT2D eigenvalue weighted by Gasteiger charge is 2.30. The molecule has 0 fully saturated rings. The second kappa shape index (κ2) is 7.68. The average Bonchev–Trinajstić information content (AvgIpc) is 2.35. The molecule has 0 spiro atoms. The summed E-state index contributed by atoms with van der Waals surface area (Å²) in [6.45, 7) is 0. The minimum Gasteiger partial charge on any atom is -0.480 e. The van der Waals surface area contributed by atoms with E-state index in [9.17, 15) is 22.2 Å². The maximum absolute atomic E-state index is 12.0. The molecule has 1 aromatic rings. The highest BCUT2D eigenvalue weighted by Crippen LogP contribution is 2.30. The summed E-state index contributed by atoms with van der Waals surface area (Å²) in [5.41, 5.74) is -3.70. The molecule has 0 aromatic heterocycles. The van der Waals surface area contributed by atoms with Crippen LogP contribution in [0.15, 0.2) is 30.3 Å². The van der Waals surface area contributed by atoms with Crippen LogP contribution in [0, 0.1) is 0 Å². The first-order valence-electron chi connectivity index (χ1n) is 5.64. The van der Waals surface area contributed by atoms with Crippen LogP contribution in [0.2, 0.25) is 0 Å². The standard InChI is InChI=1S/C12H13F3O3S2/c13-12(14,15)19-6-7-20(18)10(11(16)17)8-9-4-2-1-3-5-9/h1-5,10H,6-8H2,(H,16,17). The van der Waals surface area contributed by atoms with Gasteiger partial charge >= 0.3 is 11.5 Å². The summed E-state index contributed by atoms with van der Waals surface area (Å²) in [5, 5.41) is 7.85. The second-order valence-electron chi connectivity index (χ2n) is 3.90. The fourth-order valence-electron chi connectivity index (χ4n) is 1.50. The molecule has 1 rings (SSSR count). The fourth-order valence-corrected chi connectivity index (χ4v) is 3.61. The minimum atomic E-state index is -4.39. The number of carboxylic acids is 1. The second-order valence-corrected chi connectivity index (χ2v) is 6.79. The lowest BCUT2D eigenvalue weighted by molar-refractivity contribution is -0.136. The van der Waals surface area contributed by atoms with Crippen LogP contribution in [0.4, 0.5) is 13.2 Å². The van der Waals surface area contributed by atoms with Gasteiger partial charge < -0.3 is 5.11 Å². The third kappa shape index (κ3) is 6.42. The van der Waals surface area contributed by atoms with Gasteiger partial charge in [0.15, 0.2) is 0 Å². The zero-order valence-electron chi connectivity index (χ0n) is 10.3. The Morgan fingerprint density at radius 2 is 1.90 bits per heavy atom. The largest absolute Gasteiger partial charge is 0.480 e. The highest BCUT2D eigenvalue weighted by atomic mass is 32.2. The molecule has 0 aliphatic heterocycles. The number of alkyl halides is 3. The number of hydrogen-bond donors (Lipinski definition) is 1. The van der Waals surface area contributed by atoms with Crippen LogP contribution in [-0.4, -0.2) is 37.5 Å². The molecule has 20 heavy (non-hydrogen) atoms. The van der Waals surface area contributed by atoms with Crippen LogP contribution in [0.3, 0.4) is 0 Å². The Labute approximate surface area is 121 Å². The molecular formula is C12H13F3O3S2. The Balaban J connectivity index is 2.58. The van der Waals surface area contributed by atoms with E-state index in [0.717, 1.165) is 0 Å². The van der Waals surface area contributed by atoms with Crippen LogP contribution in [-0.2, 0) is 22.0 Å². The van der Waals surface area contributed by atoms with Crippen molar-refractivity contribution in [3.63, 3.8) is 0 Å². The molecule has 8 heteroatoms. The van der Waals surface area contributed by atoms with E-state index in [-0.39, 0.29) is 23.9 Å². The number of carbonyl (C=O) groups is 1. The predicted molar refractivity (Wildman–Crippen MR) is 73.1 cm³/mol. The van der Waals surface area contributed by atoms with Gasteiger partial charge in [-0.05, 0) is 12.0 Å². The summed E-state index contributed by atoms with van der Waals surface area (Å²) >= 11 is -0.289. The molecule has 0 radical (unpaired) electrons. The van der Waals surface area contributed by atoms with E-state index < -0.39 is 33.3 Å². The topological polar surface area (TPSA) is 54.4 Å². The van der Waals surface area contributed by atoms with Gasteiger partial charge in [-0.25, -0.2) is 0 Å². The maximum Gasteiger partial charge on any atom is 0.441 e. The van der Waals surface area contributed by atoms with Gasteiger partial charge in [-0.15, -0.1) is 0 Å². The van der Waals surface area contributed by atoms with Crippen molar-refractivity contribution in [2.75, 3.05) is 11.5 Å². The van der Waals surface area contributed by atoms with Crippen LogP contribution >= 0.6 is 11.8 Å².